The molecule has 0 aliphatic heterocycles. The fourth-order valence-electron chi connectivity index (χ4n) is 1.68. The molecule has 1 amide bonds. The zero-order valence-electron chi connectivity index (χ0n) is 11.0. The highest BCUT2D eigenvalue weighted by Gasteiger charge is 2.33. The number of carboxylic acid groups (broad SMARTS) is 1. The van der Waals surface area contributed by atoms with Gasteiger partial charge in [-0.1, -0.05) is 13.3 Å². The van der Waals surface area contributed by atoms with Crippen molar-refractivity contribution in [3.63, 3.8) is 0 Å². The highest BCUT2D eigenvalue weighted by Crippen LogP contribution is 2.13. The lowest BCUT2D eigenvalue weighted by atomic mass is 9.96. The molecule has 5 nitrogen and oxygen atoms in total. The number of nitrogens with one attached hydrogen (secondary N) is 1. The summed E-state index contributed by atoms with van der Waals surface area (Å²) >= 11 is 0. The molecule has 5 heteroatoms. The van der Waals surface area contributed by atoms with Crippen molar-refractivity contribution in [2.24, 2.45) is 5.73 Å². The van der Waals surface area contributed by atoms with Gasteiger partial charge in [0.2, 0.25) is 5.91 Å². The second kappa shape index (κ2) is 7.27. The molecule has 0 aromatic rings. The van der Waals surface area contributed by atoms with Gasteiger partial charge in [-0.05, 0) is 33.1 Å². The molecule has 0 aliphatic carbocycles. The number of nitrogens with two attached hydrogens (primary N) is 1. The molecule has 0 aromatic heterocycles. The maximum Gasteiger partial charge on any atom is 0.329 e. The van der Waals surface area contributed by atoms with Crippen LogP contribution in [0.4, 0.5) is 0 Å². The monoisotopic (exact) mass is 244 g/mol. The Morgan fingerprint density at radius 3 is 2.47 bits per heavy atom. The summed E-state index contributed by atoms with van der Waals surface area (Å²) in [6.45, 7) is 5.32. The molecule has 0 rings (SSSR count). The van der Waals surface area contributed by atoms with Crippen LogP contribution in [0.2, 0.25) is 0 Å². The zero-order valence-corrected chi connectivity index (χ0v) is 11.0. The van der Waals surface area contributed by atoms with E-state index in [2.05, 4.69) is 5.32 Å². The topological polar surface area (TPSA) is 92.4 Å². The summed E-state index contributed by atoms with van der Waals surface area (Å²) in [5, 5.41) is 11.7. The number of rotatable bonds is 8. The van der Waals surface area contributed by atoms with Gasteiger partial charge in [0.15, 0.2) is 0 Å². The van der Waals surface area contributed by atoms with Gasteiger partial charge in [-0.3, -0.25) is 4.79 Å². The van der Waals surface area contributed by atoms with Gasteiger partial charge < -0.3 is 16.2 Å². The largest absolute Gasteiger partial charge is 0.480 e. The molecule has 100 valence electrons. The smallest absolute Gasteiger partial charge is 0.329 e. The predicted molar refractivity (Wildman–Crippen MR) is 66.6 cm³/mol. The molecular weight excluding hydrogens is 220 g/mol. The first-order valence-corrected chi connectivity index (χ1v) is 6.12. The molecule has 0 saturated carbocycles. The third kappa shape index (κ3) is 6.26. The Morgan fingerprint density at radius 2 is 2.06 bits per heavy atom. The minimum absolute atomic E-state index is 0.0734. The molecule has 0 fully saturated rings. The Kier molecular flexibility index (Phi) is 6.80. The van der Waals surface area contributed by atoms with Crippen LogP contribution in [0.3, 0.4) is 0 Å². The average molecular weight is 244 g/mol. The third-order valence-corrected chi connectivity index (χ3v) is 2.70. The predicted octanol–water partition coefficient (Wildman–Crippen LogP) is 1.26. The van der Waals surface area contributed by atoms with Crippen molar-refractivity contribution in [2.75, 3.05) is 0 Å². The summed E-state index contributed by atoms with van der Waals surface area (Å²) in [5.41, 5.74) is 4.42. The highest BCUT2D eigenvalue weighted by molar-refractivity contribution is 5.86. The normalized spacial score (nSPS) is 16.0. The van der Waals surface area contributed by atoms with E-state index in [1.165, 1.54) is 0 Å². The molecule has 4 N–H and O–H groups in total. The van der Waals surface area contributed by atoms with E-state index in [-0.39, 0.29) is 11.9 Å². The molecular formula is C12H24N2O3. The number of hydrogen-bond donors (Lipinski definition) is 3. The fraction of sp³-hybridized carbons (Fsp3) is 0.833. The Labute approximate surface area is 103 Å². The van der Waals surface area contributed by atoms with Gasteiger partial charge in [0, 0.05) is 12.5 Å². The average Bonchev–Trinajstić information content (AvgIpc) is 2.16. The van der Waals surface area contributed by atoms with Gasteiger partial charge >= 0.3 is 5.97 Å². The molecule has 0 saturated heterocycles. The van der Waals surface area contributed by atoms with Gasteiger partial charge in [0.05, 0.1) is 0 Å². The molecule has 0 bridgehead atoms. The number of carbonyl (C=O) groups excluding carboxylic acids is 1. The van der Waals surface area contributed by atoms with Crippen LogP contribution < -0.4 is 11.1 Å². The number of carboxylic acids is 1. The molecule has 0 spiro atoms. The highest BCUT2D eigenvalue weighted by atomic mass is 16.4. The summed E-state index contributed by atoms with van der Waals surface area (Å²) in [6.07, 6.45) is 2.93. The van der Waals surface area contributed by atoms with E-state index in [0.29, 0.717) is 25.7 Å². The molecule has 2 atom stereocenters. The summed E-state index contributed by atoms with van der Waals surface area (Å²) in [4.78, 5) is 22.7. The van der Waals surface area contributed by atoms with Gasteiger partial charge in [-0.2, -0.15) is 0 Å². The van der Waals surface area contributed by atoms with Crippen molar-refractivity contribution in [1.82, 2.24) is 5.32 Å². The van der Waals surface area contributed by atoms with Crippen LogP contribution in [0.5, 0.6) is 0 Å². The Balaban J connectivity index is 4.18. The Morgan fingerprint density at radius 1 is 1.47 bits per heavy atom. The van der Waals surface area contributed by atoms with Crippen LogP contribution in [-0.4, -0.2) is 28.6 Å². The van der Waals surface area contributed by atoms with Gasteiger partial charge in [-0.25, -0.2) is 4.79 Å². The number of aliphatic carboxylic acids is 1. The minimum Gasteiger partial charge on any atom is -0.480 e. The van der Waals surface area contributed by atoms with Crippen LogP contribution in [0.15, 0.2) is 0 Å². The van der Waals surface area contributed by atoms with Crippen molar-refractivity contribution in [1.29, 1.82) is 0 Å². The Bertz CT molecular complexity index is 266. The Hall–Kier alpha value is -1.10. The standard InChI is InChI=1S/C12H24N2O3/c1-4-8-12(3,11(16)17)14-10(15)7-5-6-9(2)13/h9H,4-8,13H2,1-3H3,(H,14,15)(H,16,17). The molecule has 0 radical (unpaired) electrons. The van der Waals surface area contributed by atoms with Crippen LogP contribution >= 0.6 is 0 Å². The lowest BCUT2D eigenvalue weighted by Gasteiger charge is -2.25. The lowest BCUT2D eigenvalue weighted by Crippen LogP contribution is -2.52. The molecule has 2 unspecified atom stereocenters. The van der Waals surface area contributed by atoms with Crippen LogP contribution in [0.1, 0.15) is 52.9 Å². The number of hydrogen-bond acceptors (Lipinski definition) is 3. The van der Waals surface area contributed by atoms with Crippen molar-refractivity contribution < 1.29 is 14.7 Å². The van der Waals surface area contributed by atoms with E-state index in [4.69, 9.17) is 10.8 Å². The second-order valence-electron chi connectivity index (χ2n) is 4.80. The third-order valence-electron chi connectivity index (χ3n) is 2.70. The van der Waals surface area contributed by atoms with Gasteiger partial charge in [0.1, 0.15) is 5.54 Å². The molecule has 0 aliphatic rings. The first kappa shape index (κ1) is 15.9. The van der Waals surface area contributed by atoms with Crippen molar-refractivity contribution in [3.05, 3.63) is 0 Å². The van der Waals surface area contributed by atoms with Crippen LogP contribution in [-0.2, 0) is 9.59 Å². The van der Waals surface area contributed by atoms with Crippen molar-refractivity contribution in [3.8, 4) is 0 Å². The molecule has 17 heavy (non-hydrogen) atoms. The second-order valence-corrected chi connectivity index (χ2v) is 4.80. The number of amides is 1. The van der Waals surface area contributed by atoms with Crippen LogP contribution in [0, 0.1) is 0 Å². The SMILES string of the molecule is CCCC(C)(NC(=O)CCCC(C)N)C(=O)O. The maximum absolute atomic E-state index is 11.6. The van der Waals surface area contributed by atoms with Gasteiger partial charge in [0.25, 0.3) is 0 Å². The molecule has 0 aromatic carbocycles. The van der Waals surface area contributed by atoms with E-state index >= 15 is 0 Å². The quantitative estimate of drug-likeness (QED) is 0.599. The summed E-state index contributed by atoms with van der Waals surface area (Å²) in [6, 6.07) is 0.0734. The van der Waals surface area contributed by atoms with E-state index in [9.17, 15) is 9.59 Å². The van der Waals surface area contributed by atoms with Crippen molar-refractivity contribution >= 4 is 11.9 Å². The summed E-state index contributed by atoms with van der Waals surface area (Å²) < 4.78 is 0. The minimum atomic E-state index is -1.15. The van der Waals surface area contributed by atoms with E-state index < -0.39 is 11.5 Å². The maximum atomic E-state index is 11.6. The lowest BCUT2D eigenvalue weighted by molar-refractivity contribution is -0.147. The fourth-order valence-corrected chi connectivity index (χ4v) is 1.68. The van der Waals surface area contributed by atoms with E-state index in [0.717, 1.165) is 6.42 Å². The van der Waals surface area contributed by atoms with E-state index in [1.54, 1.807) is 6.92 Å². The molecule has 0 heterocycles. The van der Waals surface area contributed by atoms with Gasteiger partial charge in [-0.15, -0.1) is 0 Å². The summed E-state index contributed by atoms with van der Waals surface area (Å²) in [5.74, 6) is -1.20. The first-order chi connectivity index (χ1) is 7.81. The zero-order chi connectivity index (χ0) is 13.5. The van der Waals surface area contributed by atoms with Crippen molar-refractivity contribution in [2.45, 2.75) is 64.5 Å². The van der Waals surface area contributed by atoms with E-state index in [1.807, 2.05) is 13.8 Å². The van der Waals surface area contributed by atoms with Crippen LogP contribution in [0.25, 0.3) is 0 Å². The first-order valence-electron chi connectivity index (χ1n) is 6.12. The number of carbonyl (C=O) groups is 2. The summed E-state index contributed by atoms with van der Waals surface area (Å²) in [7, 11) is 0.